The highest BCUT2D eigenvalue weighted by Crippen LogP contribution is 2.30. The standard InChI is InChI=1S/C26H33N3O2/c1-2-22(20-11-5-3-6-12-20)25(30)27-21-13-14-24(28-15-7-4-8-16-28)23(19-21)26(31)29-17-9-10-18-29/h3,5-6,11-14,19,22H,2,4,7-10,15-18H2,1H3,(H,27,30)/t22-/m0/s1. The van der Waals surface area contributed by atoms with Gasteiger partial charge in [0.2, 0.25) is 5.91 Å². The second-order valence-electron chi connectivity index (χ2n) is 8.64. The van der Waals surface area contributed by atoms with E-state index in [1.165, 1.54) is 6.42 Å². The third-order valence-electron chi connectivity index (χ3n) is 6.51. The predicted octanol–water partition coefficient (Wildman–Crippen LogP) is 5.05. The van der Waals surface area contributed by atoms with Crippen LogP contribution in [0.25, 0.3) is 0 Å². The summed E-state index contributed by atoms with van der Waals surface area (Å²) in [7, 11) is 0. The van der Waals surface area contributed by atoms with Gasteiger partial charge in [0.05, 0.1) is 11.5 Å². The van der Waals surface area contributed by atoms with Crippen molar-refractivity contribution in [1.82, 2.24) is 4.90 Å². The minimum atomic E-state index is -0.208. The van der Waals surface area contributed by atoms with Gasteiger partial charge in [0.1, 0.15) is 0 Å². The summed E-state index contributed by atoms with van der Waals surface area (Å²) in [5.41, 5.74) is 3.43. The van der Waals surface area contributed by atoms with Gasteiger partial charge in [0, 0.05) is 37.6 Å². The van der Waals surface area contributed by atoms with Crippen LogP contribution in [0.3, 0.4) is 0 Å². The maximum atomic E-state index is 13.3. The van der Waals surface area contributed by atoms with Crippen LogP contribution in [0.4, 0.5) is 11.4 Å². The molecule has 164 valence electrons. The van der Waals surface area contributed by atoms with Gasteiger partial charge >= 0.3 is 0 Å². The molecule has 0 aromatic heterocycles. The summed E-state index contributed by atoms with van der Waals surface area (Å²) >= 11 is 0. The molecule has 1 atom stereocenters. The molecule has 2 fully saturated rings. The number of rotatable bonds is 6. The lowest BCUT2D eigenvalue weighted by Gasteiger charge is -2.31. The minimum absolute atomic E-state index is 0.0287. The number of hydrogen-bond acceptors (Lipinski definition) is 3. The molecule has 2 saturated heterocycles. The number of amides is 2. The zero-order valence-corrected chi connectivity index (χ0v) is 18.5. The van der Waals surface area contributed by atoms with Crippen molar-refractivity contribution >= 4 is 23.2 Å². The summed E-state index contributed by atoms with van der Waals surface area (Å²) in [6.45, 7) is 5.64. The minimum Gasteiger partial charge on any atom is -0.371 e. The molecule has 2 aliphatic heterocycles. The fourth-order valence-corrected chi connectivity index (χ4v) is 4.77. The lowest BCUT2D eigenvalue weighted by Crippen LogP contribution is -2.34. The summed E-state index contributed by atoms with van der Waals surface area (Å²) in [4.78, 5) is 30.7. The van der Waals surface area contributed by atoms with Crippen molar-refractivity contribution in [3.05, 3.63) is 59.7 Å². The van der Waals surface area contributed by atoms with Gasteiger partial charge in [-0.15, -0.1) is 0 Å². The highest BCUT2D eigenvalue weighted by atomic mass is 16.2. The number of nitrogens with one attached hydrogen (secondary N) is 1. The zero-order chi connectivity index (χ0) is 21.6. The van der Waals surface area contributed by atoms with Crippen molar-refractivity contribution in [3.63, 3.8) is 0 Å². The Labute approximate surface area is 185 Å². The van der Waals surface area contributed by atoms with E-state index in [1.807, 2.05) is 60.4 Å². The fourth-order valence-electron chi connectivity index (χ4n) is 4.77. The molecule has 2 aromatic carbocycles. The van der Waals surface area contributed by atoms with Crippen molar-refractivity contribution in [1.29, 1.82) is 0 Å². The van der Waals surface area contributed by atoms with Crippen LogP contribution in [0.2, 0.25) is 0 Å². The van der Waals surface area contributed by atoms with Crippen molar-refractivity contribution in [2.45, 2.75) is 51.4 Å². The Balaban J connectivity index is 1.59. The Hall–Kier alpha value is -2.82. The maximum Gasteiger partial charge on any atom is 0.256 e. The van der Waals surface area contributed by atoms with Gasteiger partial charge < -0.3 is 15.1 Å². The number of anilines is 2. The summed E-state index contributed by atoms with van der Waals surface area (Å²) in [6, 6.07) is 15.7. The topological polar surface area (TPSA) is 52.7 Å². The first kappa shape index (κ1) is 21.4. The number of hydrogen-bond donors (Lipinski definition) is 1. The average Bonchev–Trinajstić information content (AvgIpc) is 3.35. The van der Waals surface area contributed by atoms with Crippen LogP contribution in [0.5, 0.6) is 0 Å². The second kappa shape index (κ2) is 9.99. The van der Waals surface area contributed by atoms with Gasteiger partial charge in [0.25, 0.3) is 5.91 Å². The molecular formula is C26H33N3O2. The van der Waals surface area contributed by atoms with Gasteiger partial charge in [-0.2, -0.15) is 0 Å². The van der Waals surface area contributed by atoms with Crippen LogP contribution in [-0.2, 0) is 4.79 Å². The van der Waals surface area contributed by atoms with Crippen molar-refractivity contribution in [2.24, 2.45) is 0 Å². The fraction of sp³-hybridized carbons (Fsp3) is 0.462. The molecule has 2 aliphatic rings. The predicted molar refractivity (Wildman–Crippen MR) is 126 cm³/mol. The zero-order valence-electron chi connectivity index (χ0n) is 18.5. The molecule has 0 saturated carbocycles. The lowest BCUT2D eigenvalue weighted by molar-refractivity contribution is -0.117. The molecule has 2 heterocycles. The molecule has 0 aliphatic carbocycles. The second-order valence-corrected chi connectivity index (χ2v) is 8.64. The number of nitrogens with zero attached hydrogens (tertiary/aromatic N) is 2. The molecule has 2 aromatic rings. The Morgan fingerprint density at radius 2 is 1.58 bits per heavy atom. The maximum absolute atomic E-state index is 13.3. The summed E-state index contributed by atoms with van der Waals surface area (Å²) in [6.07, 6.45) is 6.42. The monoisotopic (exact) mass is 419 g/mol. The number of carbonyl (C=O) groups is 2. The smallest absolute Gasteiger partial charge is 0.256 e. The first-order valence-electron chi connectivity index (χ1n) is 11.7. The summed E-state index contributed by atoms with van der Waals surface area (Å²) in [5.74, 6) is -0.149. The van der Waals surface area contributed by atoms with E-state index in [0.29, 0.717) is 11.3 Å². The SMILES string of the molecule is CC[C@H](C(=O)Nc1ccc(N2CCCCC2)c(C(=O)N2CCCC2)c1)c1ccccc1. The van der Waals surface area contributed by atoms with E-state index in [9.17, 15) is 9.59 Å². The lowest BCUT2D eigenvalue weighted by atomic mass is 9.95. The van der Waals surface area contributed by atoms with Gasteiger partial charge in [0.15, 0.2) is 0 Å². The van der Waals surface area contributed by atoms with E-state index in [0.717, 1.165) is 69.5 Å². The van der Waals surface area contributed by atoms with Crippen LogP contribution < -0.4 is 10.2 Å². The number of carbonyl (C=O) groups excluding carboxylic acids is 2. The molecule has 0 bridgehead atoms. The Kier molecular flexibility index (Phi) is 6.90. The van der Waals surface area contributed by atoms with Crippen LogP contribution >= 0.6 is 0 Å². The third-order valence-corrected chi connectivity index (χ3v) is 6.51. The van der Waals surface area contributed by atoms with Gasteiger partial charge in [-0.3, -0.25) is 9.59 Å². The molecule has 4 rings (SSSR count). The Morgan fingerprint density at radius 1 is 0.903 bits per heavy atom. The quantitative estimate of drug-likeness (QED) is 0.713. The molecule has 0 unspecified atom stereocenters. The van der Waals surface area contributed by atoms with Crippen LogP contribution in [0.1, 0.15) is 67.3 Å². The molecule has 31 heavy (non-hydrogen) atoms. The number of benzene rings is 2. The molecule has 0 spiro atoms. The first-order valence-corrected chi connectivity index (χ1v) is 11.7. The number of likely N-dealkylation sites (tertiary alicyclic amines) is 1. The average molecular weight is 420 g/mol. The molecule has 1 N–H and O–H groups in total. The van der Waals surface area contributed by atoms with Gasteiger partial charge in [-0.25, -0.2) is 0 Å². The van der Waals surface area contributed by atoms with E-state index >= 15 is 0 Å². The summed E-state index contributed by atoms with van der Waals surface area (Å²) in [5, 5.41) is 3.08. The van der Waals surface area contributed by atoms with E-state index < -0.39 is 0 Å². The molecule has 2 amide bonds. The van der Waals surface area contributed by atoms with Crippen LogP contribution in [0, 0.1) is 0 Å². The van der Waals surface area contributed by atoms with E-state index in [4.69, 9.17) is 0 Å². The van der Waals surface area contributed by atoms with Crippen LogP contribution in [0.15, 0.2) is 48.5 Å². The summed E-state index contributed by atoms with van der Waals surface area (Å²) < 4.78 is 0. The van der Waals surface area contributed by atoms with Gasteiger partial charge in [-0.05, 0) is 62.3 Å². The molecule has 5 nitrogen and oxygen atoms in total. The third kappa shape index (κ3) is 4.92. The van der Waals surface area contributed by atoms with Crippen molar-refractivity contribution < 1.29 is 9.59 Å². The molecule has 0 radical (unpaired) electrons. The van der Waals surface area contributed by atoms with Crippen LogP contribution in [-0.4, -0.2) is 42.9 Å². The normalized spacial score (nSPS) is 17.5. The van der Waals surface area contributed by atoms with E-state index in [1.54, 1.807) is 0 Å². The highest BCUT2D eigenvalue weighted by molar-refractivity contribution is 6.03. The van der Waals surface area contributed by atoms with E-state index in [-0.39, 0.29) is 17.7 Å². The highest BCUT2D eigenvalue weighted by Gasteiger charge is 2.26. The molecular weight excluding hydrogens is 386 g/mol. The number of piperidine rings is 1. The largest absolute Gasteiger partial charge is 0.371 e. The Morgan fingerprint density at radius 3 is 2.26 bits per heavy atom. The Bertz CT molecular complexity index is 900. The first-order chi connectivity index (χ1) is 15.2. The van der Waals surface area contributed by atoms with Crippen molar-refractivity contribution in [2.75, 3.05) is 36.4 Å². The van der Waals surface area contributed by atoms with E-state index in [2.05, 4.69) is 10.2 Å². The molecule has 5 heteroatoms. The van der Waals surface area contributed by atoms with Crippen molar-refractivity contribution in [3.8, 4) is 0 Å². The van der Waals surface area contributed by atoms with Gasteiger partial charge in [-0.1, -0.05) is 37.3 Å².